The standard InChI is InChI=1S/C13H10Cl2FN3O2/c1-21-10-6-9(7-2-4-8(16)5-3-7)17-13(18-10)19-12(20)11(14)15/h2-6,11H,1H3,(H,17,18,19,20). The van der Waals surface area contributed by atoms with Crippen molar-refractivity contribution in [3.05, 3.63) is 36.1 Å². The minimum Gasteiger partial charge on any atom is -0.481 e. The Balaban J connectivity index is 2.37. The molecule has 0 saturated carbocycles. The molecule has 0 bridgehead atoms. The zero-order chi connectivity index (χ0) is 15.4. The summed E-state index contributed by atoms with van der Waals surface area (Å²) in [4.78, 5) is 18.3. The SMILES string of the molecule is COc1cc(-c2ccc(F)cc2)nc(NC(=O)C(Cl)Cl)n1. The second-order valence-corrected chi connectivity index (χ2v) is 5.01. The quantitative estimate of drug-likeness (QED) is 0.875. The average molecular weight is 330 g/mol. The van der Waals surface area contributed by atoms with Gasteiger partial charge in [0.15, 0.2) is 4.84 Å². The van der Waals surface area contributed by atoms with Gasteiger partial charge in [-0.05, 0) is 24.3 Å². The summed E-state index contributed by atoms with van der Waals surface area (Å²) in [6.45, 7) is 0. The van der Waals surface area contributed by atoms with Crippen LogP contribution in [-0.2, 0) is 4.79 Å². The smallest absolute Gasteiger partial charge is 0.260 e. The van der Waals surface area contributed by atoms with Crippen molar-refractivity contribution in [3.63, 3.8) is 0 Å². The van der Waals surface area contributed by atoms with Gasteiger partial charge in [0.05, 0.1) is 12.8 Å². The highest BCUT2D eigenvalue weighted by atomic mass is 35.5. The van der Waals surface area contributed by atoms with Crippen LogP contribution in [0.15, 0.2) is 30.3 Å². The number of benzene rings is 1. The molecule has 110 valence electrons. The van der Waals surface area contributed by atoms with Gasteiger partial charge in [-0.25, -0.2) is 9.37 Å². The maximum absolute atomic E-state index is 12.9. The fourth-order valence-electron chi connectivity index (χ4n) is 1.52. The van der Waals surface area contributed by atoms with Crippen LogP contribution in [0.5, 0.6) is 5.88 Å². The first-order valence-electron chi connectivity index (χ1n) is 5.77. The van der Waals surface area contributed by atoms with Gasteiger partial charge in [0.1, 0.15) is 5.82 Å². The number of methoxy groups -OCH3 is 1. The summed E-state index contributed by atoms with van der Waals surface area (Å²) in [6.07, 6.45) is 0. The summed E-state index contributed by atoms with van der Waals surface area (Å²) in [6, 6.07) is 7.26. The van der Waals surface area contributed by atoms with Crippen LogP contribution in [0.3, 0.4) is 0 Å². The van der Waals surface area contributed by atoms with Crippen molar-refractivity contribution in [1.82, 2.24) is 9.97 Å². The number of anilines is 1. The first-order chi connectivity index (χ1) is 9.99. The molecular weight excluding hydrogens is 320 g/mol. The highest BCUT2D eigenvalue weighted by molar-refractivity contribution is 6.54. The molecule has 0 radical (unpaired) electrons. The molecule has 1 amide bonds. The number of hydrogen-bond acceptors (Lipinski definition) is 4. The van der Waals surface area contributed by atoms with Gasteiger partial charge in [-0.2, -0.15) is 4.98 Å². The molecule has 0 aliphatic rings. The maximum Gasteiger partial charge on any atom is 0.260 e. The Hall–Kier alpha value is -1.92. The fraction of sp³-hybridized carbons (Fsp3) is 0.154. The highest BCUT2D eigenvalue weighted by Crippen LogP contribution is 2.23. The molecule has 1 aromatic heterocycles. The van der Waals surface area contributed by atoms with Crippen molar-refractivity contribution in [2.45, 2.75) is 4.84 Å². The molecule has 2 rings (SSSR count). The number of ether oxygens (including phenoxy) is 1. The average Bonchev–Trinajstić information content (AvgIpc) is 2.47. The van der Waals surface area contributed by atoms with Gasteiger partial charge in [-0.1, -0.05) is 23.2 Å². The molecule has 0 unspecified atom stereocenters. The summed E-state index contributed by atoms with van der Waals surface area (Å²) < 4.78 is 18.0. The number of halogens is 3. The monoisotopic (exact) mass is 329 g/mol. The van der Waals surface area contributed by atoms with Crippen molar-refractivity contribution in [2.75, 3.05) is 12.4 Å². The number of nitrogens with one attached hydrogen (secondary N) is 1. The summed E-state index contributed by atoms with van der Waals surface area (Å²) in [7, 11) is 1.42. The number of rotatable bonds is 4. The number of nitrogens with zero attached hydrogens (tertiary/aromatic N) is 2. The minimum atomic E-state index is -1.24. The van der Waals surface area contributed by atoms with Gasteiger partial charge in [0, 0.05) is 11.6 Å². The lowest BCUT2D eigenvalue weighted by molar-refractivity contribution is -0.114. The minimum absolute atomic E-state index is 0.00928. The van der Waals surface area contributed by atoms with E-state index in [0.29, 0.717) is 11.3 Å². The molecule has 0 aliphatic carbocycles. The number of carbonyl (C=O) groups excluding carboxylic acids is 1. The fourth-order valence-corrected chi connectivity index (χ4v) is 1.63. The van der Waals surface area contributed by atoms with Crippen molar-refractivity contribution in [2.24, 2.45) is 0 Å². The van der Waals surface area contributed by atoms with E-state index in [1.54, 1.807) is 18.2 Å². The number of alkyl halides is 2. The lowest BCUT2D eigenvalue weighted by Gasteiger charge is -2.08. The summed E-state index contributed by atoms with van der Waals surface area (Å²) in [5, 5.41) is 2.36. The zero-order valence-corrected chi connectivity index (χ0v) is 12.3. The molecule has 0 spiro atoms. The van der Waals surface area contributed by atoms with Crippen LogP contribution in [0.25, 0.3) is 11.3 Å². The number of amides is 1. The molecule has 1 heterocycles. The first-order valence-corrected chi connectivity index (χ1v) is 6.65. The van der Waals surface area contributed by atoms with E-state index < -0.39 is 10.7 Å². The molecule has 2 aromatic rings. The van der Waals surface area contributed by atoms with Crippen LogP contribution in [0.2, 0.25) is 0 Å². The Morgan fingerprint density at radius 2 is 1.95 bits per heavy atom. The Labute approximate surface area is 130 Å². The zero-order valence-electron chi connectivity index (χ0n) is 10.8. The van der Waals surface area contributed by atoms with Gasteiger partial charge >= 0.3 is 0 Å². The van der Waals surface area contributed by atoms with Gasteiger partial charge in [-0.15, -0.1) is 0 Å². The van der Waals surface area contributed by atoms with Crippen molar-refractivity contribution < 1.29 is 13.9 Å². The lowest BCUT2D eigenvalue weighted by Crippen LogP contribution is -2.20. The second-order valence-electron chi connectivity index (χ2n) is 3.92. The van der Waals surface area contributed by atoms with Crippen LogP contribution in [-0.4, -0.2) is 27.8 Å². The Morgan fingerprint density at radius 3 is 2.52 bits per heavy atom. The third-order valence-electron chi connectivity index (χ3n) is 2.48. The van der Waals surface area contributed by atoms with E-state index in [9.17, 15) is 9.18 Å². The van der Waals surface area contributed by atoms with Crippen molar-refractivity contribution >= 4 is 35.1 Å². The Morgan fingerprint density at radius 1 is 1.29 bits per heavy atom. The second kappa shape index (κ2) is 6.69. The molecule has 0 fully saturated rings. The van der Waals surface area contributed by atoms with E-state index >= 15 is 0 Å². The van der Waals surface area contributed by atoms with Crippen LogP contribution >= 0.6 is 23.2 Å². The topological polar surface area (TPSA) is 64.1 Å². The number of aromatic nitrogens is 2. The van der Waals surface area contributed by atoms with Gasteiger partial charge in [-0.3, -0.25) is 10.1 Å². The molecular formula is C13H10Cl2FN3O2. The highest BCUT2D eigenvalue weighted by Gasteiger charge is 2.15. The molecule has 1 aromatic carbocycles. The molecule has 0 saturated heterocycles. The van der Waals surface area contributed by atoms with E-state index in [-0.39, 0.29) is 17.6 Å². The lowest BCUT2D eigenvalue weighted by atomic mass is 10.1. The van der Waals surface area contributed by atoms with Crippen LogP contribution < -0.4 is 10.1 Å². The maximum atomic E-state index is 12.9. The first kappa shape index (κ1) is 15.5. The normalized spacial score (nSPS) is 10.5. The third kappa shape index (κ3) is 4.03. The number of carbonyl (C=O) groups is 1. The largest absolute Gasteiger partial charge is 0.481 e. The predicted octanol–water partition coefficient (Wildman–Crippen LogP) is 3.03. The van der Waals surface area contributed by atoms with Gasteiger partial charge < -0.3 is 4.74 Å². The van der Waals surface area contributed by atoms with Crippen molar-refractivity contribution in [3.8, 4) is 17.1 Å². The van der Waals surface area contributed by atoms with Gasteiger partial charge in [0.2, 0.25) is 11.8 Å². The third-order valence-corrected chi connectivity index (χ3v) is 2.88. The van der Waals surface area contributed by atoms with Gasteiger partial charge in [0.25, 0.3) is 5.91 Å². The summed E-state index contributed by atoms with van der Waals surface area (Å²) in [5.74, 6) is -0.789. The molecule has 0 atom stereocenters. The predicted molar refractivity (Wildman–Crippen MR) is 78.1 cm³/mol. The van der Waals surface area contributed by atoms with Crippen molar-refractivity contribution in [1.29, 1.82) is 0 Å². The van der Waals surface area contributed by atoms with Crippen LogP contribution in [0, 0.1) is 5.82 Å². The molecule has 8 heteroatoms. The van der Waals surface area contributed by atoms with E-state index in [2.05, 4.69) is 15.3 Å². The summed E-state index contributed by atoms with van der Waals surface area (Å²) in [5.41, 5.74) is 1.10. The Bertz CT molecular complexity index is 650. The molecule has 0 aliphatic heterocycles. The van der Waals surface area contributed by atoms with Crippen LogP contribution in [0.4, 0.5) is 10.3 Å². The molecule has 1 N–H and O–H groups in total. The van der Waals surface area contributed by atoms with E-state index in [0.717, 1.165) is 0 Å². The number of hydrogen-bond donors (Lipinski definition) is 1. The molecule has 21 heavy (non-hydrogen) atoms. The van der Waals surface area contributed by atoms with E-state index in [4.69, 9.17) is 27.9 Å². The van der Waals surface area contributed by atoms with E-state index in [1.807, 2.05) is 0 Å². The van der Waals surface area contributed by atoms with Crippen LogP contribution in [0.1, 0.15) is 0 Å². The van der Waals surface area contributed by atoms with E-state index in [1.165, 1.54) is 19.2 Å². The summed E-state index contributed by atoms with van der Waals surface area (Å²) >= 11 is 10.9. The molecule has 5 nitrogen and oxygen atoms in total. The Kier molecular flexibility index (Phi) is 4.93.